The lowest BCUT2D eigenvalue weighted by molar-refractivity contribution is 0.460. The largest absolute Gasteiger partial charge is 0.437 e. The molecule has 0 radical (unpaired) electrons. The smallest absolute Gasteiger partial charge is 0.239 e. The average molecular weight is 229 g/mol. The van der Waals surface area contributed by atoms with Crippen LogP contribution < -0.4 is 10.1 Å². The number of hydrogen-bond acceptors (Lipinski definition) is 4. The van der Waals surface area contributed by atoms with Gasteiger partial charge in [0.05, 0.1) is 12.4 Å². The molecule has 2 rings (SSSR count). The van der Waals surface area contributed by atoms with Gasteiger partial charge in [-0.25, -0.2) is 0 Å². The molecule has 0 aliphatic heterocycles. The molecule has 0 aliphatic rings. The molecule has 0 unspecified atom stereocenters. The summed E-state index contributed by atoms with van der Waals surface area (Å²) in [6.07, 6.45) is 3.24. The van der Waals surface area contributed by atoms with E-state index < -0.39 is 0 Å². The van der Waals surface area contributed by atoms with Gasteiger partial charge in [0.2, 0.25) is 5.88 Å². The van der Waals surface area contributed by atoms with E-state index >= 15 is 0 Å². The van der Waals surface area contributed by atoms with E-state index in [1.807, 2.05) is 18.2 Å². The number of rotatable bonds is 3. The average Bonchev–Trinajstić information content (AvgIpc) is 2.34. The molecule has 0 saturated heterocycles. The van der Waals surface area contributed by atoms with Gasteiger partial charge in [0.25, 0.3) is 0 Å². The van der Waals surface area contributed by atoms with E-state index in [1.165, 1.54) is 11.1 Å². The second kappa shape index (κ2) is 4.82. The first-order chi connectivity index (χ1) is 8.19. The van der Waals surface area contributed by atoms with E-state index in [0.717, 1.165) is 5.75 Å². The zero-order valence-corrected chi connectivity index (χ0v) is 10.2. The molecule has 0 fully saturated rings. The van der Waals surface area contributed by atoms with Crippen molar-refractivity contribution in [2.24, 2.45) is 0 Å². The minimum atomic E-state index is 0.486. The third-order valence-corrected chi connectivity index (χ3v) is 2.57. The van der Waals surface area contributed by atoms with Crippen LogP contribution >= 0.6 is 0 Å². The fraction of sp³-hybridized carbons (Fsp3) is 0.231. The molecule has 0 amide bonds. The molecule has 0 atom stereocenters. The van der Waals surface area contributed by atoms with Gasteiger partial charge in [0.1, 0.15) is 11.6 Å². The summed E-state index contributed by atoms with van der Waals surface area (Å²) in [6.45, 7) is 4.12. The van der Waals surface area contributed by atoms with Crippen LogP contribution in [0.25, 0.3) is 0 Å². The normalized spacial score (nSPS) is 10.1. The van der Waals surface area contributed by atoms with Crippen LogP contribution in [0.4, 0.5) is 5.82 Å². The summed E-state index contributed by atoms with van der Waals surface area (Å²) in [5.74, 6) is 1.95. The summed E-state index contributed by atoms with van der Waals surface area (Å²) >= 11 is 0. The summed E-state index contributed by atoms with van der Waals surface area (Å²) < 4.78 is 5.64. The first kappa shape index (κ1) is 11.4. The lowest BCUT2D eigenvalue weighted by Crippen LogP contribution is -1.96. The summed E-state index contributed by atoms with van der Waals surface area (Å²) in [6, 6.07) is 5.94. The predicted molar refractivity (Wildman–Crippen MR) is 67.6 cm³/mol. The lowest BCUT2D eigenvalue weighted by Gasteiger charge is -2.07. The van der Waals surface area contributed by atoms with Crippen molar-refractivity contribution in [3.8, 4) is 11.6 Å². The first-order valence-corrected chi connectivity index (χ1v) is 5.44. The molecule has 0 spiro atoms. The van der Waals surface area contributed by atoms with Crippen molar-refractivity contribution in [1.29, 1.82) is 0 Å². The molecule has 0 bridgehead atoms. The van der Waals surface area contributed by atoms with Crippen LogP contribution in [0, 0.1) is 13.8 Å². The molecule has 1 heterocycles. The Morgan fingerprint density at radius 2 is 1.94 bits per heavy atom. The molecule has 0 aliphatic carbocycles. The van der Waals surface area contributed by atoms with E-state index in [1.54, 1.807) is 19.4 Å². The molecule has 1 N–H and O–H groups in total. The van der Waals surface area contributed by atoms with Crippen LogP contribution in [0.2, 0.25) is 0 Å². The quantitative estimate of drug-likeness (QED) is 0.879. The van der Waals surface area contributed by atoms with Crippen molar-refractivity contribution in [2.45, 2.75) is 13.8 Å². The van der Waals surface area contributed by atoms with Crippen molar-refractivity contribution in [3.63, 3.8) is 0 Å². The Morgan fingerprint density at radius 1 is 1.12 bits per heavy atom. The lowest BCUT2D eigenvalue weighted by atomic mass is 10.1. The number of benzene rings is 1. The highest BCUT2D eigenvalue weighted by Crippen LogP contribution is 2.22. The Bertz CT molecular complexity index is 526. The van der Waals surface area contributed by atoms with Gasteiger partial charge < -0.3 is 10.1 Å². The van der Waals surface area contributed by atoms with Crippen molar-refractivity contribution < 1.29 is 4.74 Å². The zero-order valence-electron chi connectivity index (χ0n) is 10.2. The van der Waals surface area contributed by atoms with Gasteiger partial charge in [-0.15, -0.1) is 0 Å². The van der Waals surface area contributed by atoms with Gasteiger partial charge >= 0.3 is 0 Å². The van der Waals surface area contributed by atoms with Crippen LogP contribution in [0.3, 0.4) is 0 Å². The third-order valence-electron chi connectivity index (χ3n) is 2.57. The molecule has 4 heteroatoms. The monoisotopic (exact) mass is 229 g/mol. The molecule has 17 heavy (non-hydrogen) atoms. The molecule has 4 nitrogen and oxygen atoms in total. The highest BCUT2D eigenvalue weighted by molar-refractivity contribution is 5.37. The SMILES string of the molecule is CNc1cncc(Oc2ccc(C)c(C)c2)n1. The van der Waals surface area contributed by atoms with E-state index in [0.29, 0.717) is 11.7 Å². The topological polar surface area (TPSA) is 47.0 Å². The minimum absolute atomic E-state index is 0.486. The maximum absolute atomic E-state index is 5.64. The summed E-state index contributed by atoms with van der Waals surface area (Å²) in [4.78, 5) is 8.28. The van der Waals surface area contributed by atoms with Crippen molar-refractivity contribution in [3.05, 3.63) is 41.7 Å². The number of aryl methyl sites for hydroxylation is 2. The van der Waals surface area contributed by atoms with Gasteiger partial charge in [-0.2, -0.15) is 4.98 Å². The zero-order chi connectivity index (χ0) is 12.3. The molecule has 88 valence electrons. The highest BCUT2D eigenvalue weighted by atomic mass is 16.5. The molecule has 1 aromatic carbocycles. The first-order valence-electron chi connectivity index (χ1n) is 5.44. The number of hydrogen-bond donors (Lipinski definition) is 1. The van der Waals surface area contributed by atoms with E-state index in [2.05, 4.69) is 29.1 Å². The maximum Gasteiger partial charge on any atom is 0.239 e. The van der Waals surface area contributed by atoms with Crippen LogP contribution in [0.1, 0.15) is 11.1 Å². The summed E-state index contributed by atoms with van der Waals surface area (Å²) in [5, 5.41) is 2.92. The Labute approximate surface area is 101 Å². The van der Waals surface area contributed by atoms with Crippen molar-refractivity contribution >= 4 is 5.82 Å². The van der Waals surface area contributed by atoms with E-state index in [9.17, 15) is 0 Å². The fourth-order valence-electron chi connectivity index (χ4n) is 1.42. The van der Waals surface area contributed by atoms with Crippen LogP contribution in [0.5, 0.6) is 11.6 Å². The highest BCUT2D eigenvalue weighted by Gasteiger charge is 2.02. The molecular formula is C13H15N3O. The number of nitrogens with zero attached hydrogens (tertiary/aromatic N) is 2. The second-order valence-electron chi connectivity index (χ2n) is 3.84. The minimum Gasteiger partial charge on any atom is -0.437 e. The van der Waals surface area contributed by atoms with Crippen molar-refractivity contribution in [2.75, 3.05) is 12.4 Å². The molecular weight excluding hydrogens is 214 g/mol. The van der Waals surface area contributed by atoms with Gasteiger partial charge in [-0.1, -0.05) is 6.07 Å². The van der Waals surface area contributed by atoms with Gasteiger partial charge in [0.15, 0.2) is 0 Å². The molecule has 0 saturated carbocycles. The van der Waals surface area contributed by atoms with Gasteiger partial charge in [-0.3, -0.25) is 4.98 Å². The number of nitrogens with one attached hydrogen (secondary N) is 1. The Balaban J connectivity index is 2.22. The number of aromatic nitrogens is 2. The number of anilines is 1. The Morgan fingerprint density at radius 3 is 2.65 bits per heavy atom. The van der Waals surface area contributed by atoms with Gasteiger partial charge in [0, 0.05) is 7.05 Å². The second-order valence-corrected chi connectivity index (χ2v) is 3.84. The molecule has 2 aromatic rings. The summed E-state index contributed by atoms with van der Waals surface area (Å²) in [5.41, 5.74) is 2.44. The van der Waals surface area contributed by atoms with Crippen LogP contribution in [-0.4, -0.2) is 17.0 Å². The fourth-order valence-corrected chi connectivity index (χ4v) is 1.42. The summed E-state index contributed by atoms with van der Waals surface area (Å²) in [7, 11) is 1.80. The number of ether oxygens (including phenoxy) is 1. The predicted octanol–water partition coefficient (Wildman–Crippen LogP) is 2.93. The molecule has 1 aromatic heterocycles. The Hall–Kier alpha value is -2.10. The van der Waals surface area contributed by atoms with E-state index in [-0.39, 0.29) is 0 Å². The van der Waals surface area contributed by atoms with Crippen LogP contribution in [-0.2, 0) is 0 Å². The van der Waals surface area contributed by atoms with Crippen molar-refractivity contribution in [1.82, 2.24) is 9.97 Å². The maximum atomic E-state index is 5.64. The van der Waals surface area contributed by atoms with Crippen LogP contribution in [0.15, 0.2) is 30.6 Å². The Kier molecular flexibility index (Phi) is 3.23. The standard InChI is InChI=1S/C13H15N3O/c1-9-4-5-11(6-10(9)2)17-13-8-15-7-12(14-3)16-13/h4-8H,1-3H3,(H,14,16). The van der Waals surface area contributed by atoms with Gasteiger partial charge in [-0.05, 0) is 37.1 Å². The third kappa shape index (κ3) is 2.72. The van der Waals surface area contributed by atoms with E-state index in [4.69, 9.17) is 4.74 Å².